The van der Waals surface area contributed by atoms with Crippen molar-refractivity contribution in [2.24, 2.45) is 0 Å². The number of hydrogen-bond donors (Lipinski definition) is 1. The number of ether oxygens (including phenoxy) is 1. The van der Waals surface area contributed by atoms with E-state index < -0.39 is 0 Å². The van der Waals surface area contributed by atoms with E-state index in [-0.39, 0.29) is 22.6 Å². The van der Waals surface area contributed by atoms with Crippen molar-refractivity contribution in [1.82, 2.24) is 0 Å². The molecule has 134 valence electrons. The highest BCUT2D eigenvalue weighted by Gasteiger charge is 2.27. The van der Waals surface area contributed by atoms with E-state index in [1.807, 2.05) is 12.1 Å². The quantitative estimate of drug-likeness (QED) is 0.601. The van der Waals surface area contributed by atoms with E-state index in [1.54, 1.807) is 6.92 Å². The van der Waals surface area contributed by atoms with Gasteiger partial charge in [-0.15, -0.1) is 11.8 Å². The minimum absolute atomic E-state index is 0.198. The number of rotatable bonds is 4. The molecule has 1 aromatic carbocycles. The van der Waals surface area contributed by atoms with Crippen LogP contribution in [0.2, 0.25) is 0 Å². The second kappa shape index (κ2) is 7.87. The summed E-state index contributed by atoms with van der Waals surface area (Å²) in [6.45, 7) is 14.5. The number of benzene rings is 1. The Morgan fingerprint density at radius 3 is 1.96 bits per heavy atom. The zero-order valence-corrected chi connectivity index (χ0v) is 17.3. The third kappa shape index (κ3) is 5.49. The fourth-order valence-corrected chi connectivity index (χ4v) is 3.22. The van der Waals surface area contributed by atoms with Crippen LogP contribution in [0.4, 0.5) is 0 Å². The molecular weight excluding hydrogens is 340 g/mol. The predicted molar refractivity (Wildman–Crippen MR) is 106 cm³/mol. The van der Waals surface area contributed by atoms with Crippen LogP contribution < -0.4 is 0 Å². The van der Waals surface area contributed by atoms with Gasteiger partial charge in [0.05, 0.1) is 16.6 Å². The van der Waals surface area contributed by atoms with E-state index >= 15 is 0 Å². The van der Waals surface area contributed by atoms with Gasteiger partial charge >= 0.3 is 5.97 Å². The fraction of sp³-hybridized carbons (Fsp3) is 0.579. The summed E-state index contributed by atoms with van der Waals surface area (Å²) in [5.41, 5.74) is 2.18. The largest absolute Gasteiger partial charge is 0.507 e. The first-order chi connectivity index (χ1) is 10.9. The van der Waals surface area contributed by atoms with Crippen LogP contribution in [0, 0.1) is 0 Å². The summed E-state index contributed by atoms with van der Waals surface area (Å²) in [5.74, 6) is 0.260. The lowest BCUT2D eigenvalue weighted by molar-refractivity contribution is -0.139. The molecule has 5 heteroatoms. The van der Waals surface area contributed by atoms with Gasteiger partial charge in [-0.2, -0.15) is 0 Å². The predicted octanol–water partition coefficient (Wildman–Crippen LogP) is 4.96. The molecule has 0 amide bonds. The summed E-state index contributed by atoms with van der Waals surface area (Å²) in [5, 5.41) is 10.7. The maximum absolute atomic E-state index is 11.5. The molecule has 0 saturated heterocycles. The van der Waals surface area contributed by atoms with Crippen LogP contribution in [0.15, 0.2) is 12.1 Å². The van der Waals surface area contributed by atoms with Crippen molar-refractivity contribution < 1.29 is 14.6 Å². The van der Waals surface area contributed by atoms with Gasteiger partial charge in [-0.25, -0.2) is 0 Å². The average molecular weight is 369 g/mol. The van der Waals surface area contributed by atoms with Gasteiger partial charge in [0.2, 0.25) is 0 Å². The number of thiocarbonyl (C=S) groups is 1. The molecule has 0 heterocycles. The van der Waals surface area contributed by atoms with Crippen LogP contribution in [-0.4, -0.2) is 27.6 Å². The lowest BCUT2D eigenvalue weighted by Crippen LogP contribution is -2.18. The summed E-state index contributed by atoms with van der Waals surface area (Å²) >= 11 is 6.80. The minimum atomic E-state index is -0.268. The van der Waals surface area contributed by atoms with Gasteiger partial charge < -0.3 is 9.84 Å². The minimum Gasteiger partial charge on any atom is -0.507 e. The standard InChI is InChI=1S/C19H28O3S2/c1-8-22-15(20)11-24-17(23)12-9-13(18(2,3)4)16(21)14(10-12)19(5,6)7/h9-10,21H,8,11H2,1-7H3. The summed E-state index contributed by atoms with van der Waals surface area (Å²) in [6.07, 6.45) is 0. The van der Waals surface area contributed by atoms with Crippen LogP contribution in [0.5, 0.6) is 5.75 Å². The average Bonchev–Trinajstić information content (AvgIpc) is 2.42. The molecule has 0 atom stereocenters. The number of thioether (sulfide) groups is 1. The number of carbonyl (C=O) groups is 1. The smallest absolute Gasteiger partial charge is 0.316 e. The van der Waals surface area contributed by atoms with E-state index in [9.17, 15) is 9.90 Å². The zero-order chi connectivity index (χ0) is 18.7. The van der Waals surface area contributed by atoms with E-state index in [4.69, 9.17) is 17.0 Å². The molecule has 1 N–H and O–H groups in total. The highest BCUT2D eigenvalue weighted by Crippen LogP contribution is 2.40. The molecule has 3 nitrogen and oxygen atoms in total. The van der Waals surface area contributed by atoms with E-state index in [2.05, 4.69) is 41.5 Å². The SMILES string of the molecule is CCOC(=O)CSC(=S)c1cc(C(C)(C)C)c(O)c(C(C)(C)C)c1. The molecule has 0 radical (unpaired) electrons. The first-order valence-corrected chi connectivity index (χ1v) is 9.48. The Morgan fingerprint density at radius 1 is 1.12 bits per heavy atom. The fourth-order valence-electron chi connectivity index (χ4n) is 2.31. The molecule has 0 aliphatic rings. The number of esters is 1. The molecule has 1 rings (SSSR count). The topological polar surface area (TPSA) is 46.5 Å². The molecule has 24 heavy (non-hydrogen) atoms. The van der Waals surface area contributed by atoms with E-state index in [0.717, 1.165) is 16.7 Å². The lowest BCUT2D eigenvalue weighted by Gasteiger charge is -2.28. The third-order valence-electron chi connectivity index (χ3n) is 3.59. The van der Waals surface area contributed by atoms with Gasteiger partial charge in [-0.3, -0.25) is 4.79 Å². The van der Waals surface area contributed by atoms with E-state index in [0.29, 0.717) is 16.6 Å². The Labute approximate surface area is 155 Å². The van der Waals surface area contributed by atoms with Crippen LogP contribution in [0.25, 0.3) is 0 Å². The summed E-state index contributed by atoms with van der Waals surface area (Å²) in [7, 11) is 0. The first-order valence-electron chi connectivity index (χ1n) is 8.08. The molecule has 0 aliphatic heterocycles. The van der Waals surface area contributed by atoms with Gasteiger partial charge in [0, 0.05) is 11.1 Å². The highest BCUT2D eigenvalue weighted by molar-refractivity contribution is 8.24. The molecule has 0 aliphatic carbocycles. The second-order valence-corrected chi connectivity index (χ2v) is 9.45. The molecule has 0 spiro atoms. The number of phenolic OH excluding ortho intramolecular Hbond substituents is 1. The van der Waals surface area contributed by atoms with Gasteiger partial charge in [-0.05, 0) is 35.4 Å². The Hall–Kier alpha value is -1.07. The Bertz CT molecular complexity index is 587. The van der Waals surface area contributed by atoms with Crippen LogP contribution >= 0.6 is 24.0 Å². The van der Waals surface area contributed by atoms with Crippen LogP contribution in [0.1, 0.15) is 65.2 Å². The molecule has 0 unspecified atom stereocenters. The first kappa shape index (κ1) is 21.0. The third-order valence-corrected chi connectivity index (χ3v) is 5.06. The van der Waals surface area contributed by atoms with Gasteiger partial charge in [-0.1, -0.05) is 53.8 Å². The summed E-state index contributed by atoms with van der Waals surface area (Å²) in [6, 6.07) is 3.87. The molecule has 0 bridgehead atoms. The number of carbonyl (C=O) groups excluding carboxylic acids is 1. The summed E-state index contributed by atoms with van der Waals surface area (Å²) < 4.78 is 5.58. The maximum atomic E-state index is 11.5. The van der Waals surface area contributed by atoms with Gasteiger partial charge in [0.15, 0.2) is 0 Å². The molecule has 1 aromatic rings. The molecule has 0 fully saturated rings. The molecule has 0 aromatic heterocycles. The Kier molecular flexibility index (Phi) is 6.88. The van der Waals surface area contributed by atoms with Gasteiger partial charge in [0.1, 0.15) is 5.75 Å². The van der Waals surface area contributed by atoms with Crippen molar-refractivity contribution in [3.63, 3.8) is 0 Å². The van der Waals surface area contributed by atoms with Crippen molar-refractivity contribution in [3.8, 4) is 5.75 Å². The zero-order valence-electron chi connectivity index (χ0n) is 15.6. The van der Waals surface area contributed by atoms with Crippen molar-refractivity contribution >= 4 is 34.1 Å². The lowest BCUT2D eigenvalue weighted by atomic mass is 9.78. The normalized spacial score (nSPS) is 12.1. The van der Waals surface area contributed by atoms with Gasteiger partial charge in [0.25, 0.3) is 0 Å². The van der Waals surface area contributed by atoms with Crippen molar-refractivity contribution in [2.45, 2.75) is 59.3 Å². The Balaban J connectivity index is 3.24. The number of phenols is 1. The maximum Gasteiger partial charge on any atom is 0.316 e. The molecule has 0 saturated carbocycles. The summed E-state index contributed by atoms with van der Waals surface area (Å²) in [4.78, 5) is 11.5. The van der Waals surface area contributed by atoms with Crippen LogP contribution in [-0.2, 0) is 20.4 Å². The Morgan fingerprint density at radius 2 is 1.58 bits per heavy atom. The number of aromatic hydroxyl groups is 1. The van der Waals surface area contributed by atoms with Crippen molar-refractivity contribution in [2.75, 3.05) is 12.4 Å². The van der Waals surface area contributed by atoms with Crippen molar-refractivity contribution in [3.05, 3.63) is 28.8 Å². The van der Waals surface area contributed by atoms with E-state index in [1.165, 1.54) is 11.8 Å². The molecular formula is C19H28O3S2. The van der Waals surface area contributed by atoms with Crippen LogP contribution in [0.3, 0.4) is 0 Å². The monoisotopic (exact) mass is 368 g/mol. The number of hydrogen-bond acceptors (Lipinski definition) is 5. The van der Waals surface area contributed by atoms with Crippen molar-refractivity contribution in [1.29, 1.82) is 0 Å². The second-order valence-electron chi connectivity index (χ2n) is 7.80. The highest BCUT2D eigenvalue weighted by atomic mass is 32.2.